The molecule has 0 aliphatic rings. The van der Waals surface area contributed by atoms with E-state index in [0.717, 1.165) is 28.3 Å². The number of rotatable bonds is 3. The van der Waals surface area contributed by atoms with E-state index in [-0.39, 0.29) is 0 Å². The summed E-state index contributed by atoms with van der Waals surface area (Å²) in [7, 11) is 0. The van der Waals surface area contributed by atoms with E-state index in [1.54, 1.807) is 0 Å². The Balaban J connectivity index is 2.30. The summed E-state index contributed by atoms with van der Waals surface area (Å²) in [4.78, 5) is 0. The largest absolute Gasteiger partial charge is 0.249 e. The summed E-state index contributed by atoms with van der Waals surface area (Å²) in [6.45, 7) is 4.73. The van der Waals surface area contributed by atoms with Gasteiger partial charge in [0.1, 0.15) is 5.15 Å². The molecular formula is C13H14Cl2N2. The van der Waals surface area contributed by atoms with E-state index in [4.69, 9.17) is 23.2 Å². The van der Waals surface area contributed by atoms with Gasteiger partial charge in [0.25, 0.3) is 0 Å². The molecule has 0 bridgehead atoms. The molecule has 0 saturated carbocycles. The maximum absolute atomic E-state index is 6.25. The Morgan fingerprint density at radius 2 is 2.06 bits per heavy atom. The topological polar surface area (TPSA) is 17.8 Å². The molecular weight excluding hydrogens is 255 g/mol. The van der Waals surface area contributed by atoms with E-state index >= 15 is 0 Å². The maximum atomic E-state index is 6.25. The van der Waals surface area contributed by atoms with E-state index in [0.29, 0.717) is 11.7 Å². The summed E-state index contributed by atoms with van der Waals surface area (Å²) in [6, 6.07) is 7.74. The SMILES string of the molecule is CCc1nn(Cc2cccc(Cl)c2)c(Cl)c1C. The Hall–Kier alpha value is -0.990. The van der Waals surface area contributed by atoms with Crippen molar-refractivity contribution in [2.45, 2.75) is 26.8 Å². The van der Waals surface area contributed by atoms with E-state index in [1.807, 2.05) is 35.9 Å². The Kier molecular flexibility index (Phi) is 3.75. The van der Waals surface area contributed by atoms with Gasteiger partial charge in [-0.2, -0.15) is 5.10 Å². The molecule has 1 aromatic heterocycles. The lowest BCUT2D eigenvalue weighted by Gasteiger charge is -2.04. The average Bonchev–Trinajstić information content (AvgIpc) is 2.57. The van der Waals surface area contributed by atoms with Crippen LogP contribution in [-0.4, -0.2) is 9.78 Å². The summed E-state index contributed by atoms with van der Waals surface area (Å²) in [6.07, 6.45) is 0.897. The molecule has 4 heteroatoms. The highest BCUT2D eigenvalue weighted by molar-refractivity contribution is 6.30. The first-order chi connectivity index (χ1) is 8.11. The van der Waals surface area contributed by atoms with Gasteiger partial charge in [-0.05, 0) is 31.0 Å². The molecule has 2 rings (SSSR count). The highest BCUT2D eigenvalue weighted by Crippen LogP contribution is 2.21. The van der Waals surface area contributed by atoms with E-state index < -0.39 is 0 Å². The summed E-state index contributed by atoms with van der Waals surface area (Å²) in [5.74, 6) is 0. The maximum Gasteiger partial charge on any atom is 0.130 e. The number of aryl methyl sites for hydroxylation is 1. The number of hydrogen-bond acceptors (Lipinski definition) is 1. The van der Waals surface area contributed by atoms with Crippen LogP contribution in [0.15, 0.2) is 24.3 Å². The molecule has 1 heterocycles. The van der Waals surface area contributed by atoms with Gasteiger partial charge < -0.3 is 0 Å². The van der Waals surface area contributed by atoms with Crippen molar-refractivity contribution in [2.75, 3.05) is 0 Å². The van der Waals surface area contributed by atoms with Crippen molar-refractivity contribution in [3.8, 4) is 0 Å². The standard InChI is InChI=1S/C13H14Cl2N2/c1-3-12-9(2)13(15)17(16-12)8-10-5-4-6-11(14)7-10/h4-7H,3,8H2,1-2H3. The van der Waals surface area contributed by atoms with Crippen LogP contribution in [-0.2, 0) is 13.0 Å². The van der Waals surface area contributed by atoms with Gasteiger partial charge in [0.15, 0.2) is 0 Å². The molecule has 0 radical (unpaired) electrons. The quantitative estimate of drug-likeness (QED) is 0.819. The van der Waals surface area contributed by atoms with Crippen molar-refractivity contribution in [2.24, 2.45) is 0 Å². The highest BCUT2D eigenvalue weighted by Gasteiger charge is 2.11. The number of aromatic nitrogens is 2. The van der Waals surface area contributed by atoms with Gasteiger partial charge in [0, 0.05) is 10.6 Å². The molecule has 0 aliphatic carbocycles. The molecule has 0 aliphatic heterocycles. The van der Waals surface area contributed by atoms with E-state index in [1.165, 1.54) is 0 Å². The van der Waals surface area contributed by atoms with Crippen LogP contribution in [0, 0.1) is 6.92 Å². The minimum atomic E-state index is 0.653. The second-order valence-electron chi connectivity index (χ2n) is 4.00. The predicted molar refractivity (Wildman–Crippen MR) is 71.9 cm³/mol. The van der Waals surface area contributed by atoms with Crippen LogP contribution >= 0.6 is 23.2 Å². The zero-order chi connectivity index (χ0) is 12.4. The molecule has 1 aromatic carbocycles. The molecule has 90 valence electrons. The van der Waals surface area contributed by atoms with Gasteiger partial charge in [-0.15, -0.1) is 0 Å². The predicted octanol–water partition coefficient (Wildman–Crippen LogP) is 4.11. The van der Waals surface area contributed by atoms with Crippen molar-refractivity contribution >= 4 is 23.2 Å². The van der Waals surface area contributed by atoms with Gasteiger partial charge in [-0.3, -0.25) is 0 Å². The monoisotopic (exact) mass is 268 g/mol. The van der Waals surface area contributed by atoms with Crippen molar-refractivity contribution in [1.29, 1.82) is 0 Å². The zero-order valence-corrected chi connectivity index (χ0v) is 11.4. The molecule has 17 heavy (non-hydrogen) atoms. The van der Waals surface area contributed by atoms with Gasteiger partial charge >= 0.3 is 0 Å². The number of hydrogen-bond donors (Lipinski definition) is 0. The molecule has 0 saturated heterocycles. The lowest BCUT2D eigenvalue weighted by molar-refractivity contribution is 0.674. The lowest BCUT2D eigenvalue weighted by atomic mass is 10.2. The Bertz CT molecular complexity index is 532. The van der Waals surface area contributed by atoms with Crippen LogP contribution in [0.5, 0.6) is 0 Å². The summed E-state index contributed by atoms with van der Waals surface area (Å²) < 4.78 is 1.82. The van der Waals surface area contributed by atoms with E-state index in [9.17, 15) is 0 Å². The Morgan fingerprint density at radius 3 is 2.65 bits per heavy atom. The molecule has 0 N–H and O–H groups in total. The minimum absolute atomic E-state index is 0.653. The van der Waals surface area contributed by atoms with Crippen LogP contribution in [0.1, 0.15) is 23.7 Å². The van der Waals surface area contributed by atoms with Crippen LogP contribution in [0.25, 0.3) is 0 Å². The molecule has 0 atom stereocenters. The first-order valence-corrected chi connectivity index (χ1v) is 6.33. The highest BCUT2D eigenvalue weighted by atomic mass is 35.5. The third-order valence-electron chi connectivity index (χ3n) is 2.77. The fourth-order valence-electron chi connectivity index (χ4n) is 1.83. The fourth-order valence-corrected chi connectivity index (χ4v) is 2.25. The van der Waals surface area contributed by atoms with Crippen LogP contribution < -0.4 is 0 Å². The van der Waals surface area contributed by atoms with Gasteiger partial charge in [-0.25, -0.2) is 4.68 Å². The van der Waals surface area contributed by atoms with Crippen LogP contribution in [0.2, 0.25) is 10.2 Å². The number of benzene rings is 1. The smallest absolute Gasteiger partial charge is 0.130 e. The first kappa shape index (κ1) is 12.5. The van der Waals surface area contributed by atoms with E-state index in [2.05, 4.69) is 12.0 Å². The third kappa shape index (κ3) is 2.64. The van der Waals surface area contributed by atoms with Crippen LogP contribution in [0.3, 0.4) is 0 Å². The number of halogens is 2. The molecule has 0 amide bonds. The Morgan fingerprint density at radius 1 is 1.29 bits per heavy atom. The summed E-state index contributed by atoms with van der Waals surface area (Å²) in [5.41, 5.74) is 3.22. The first-order valence-electron chi connectivity index (χ1n) is 5.58. The second kappa shape index (κ2) is 5.11. The second-order valence-corrected chi connectivity index (χ2v) is 4.80. The van der Waals surface area contributed by atoms with Gasteiger partial charge in [0.05, 0.1) is 12.2 Å². The van der Waals surface area contributed by atoms with Gasteiger partial charge in [-0.1, -0.05) is 42.3 Å². The summed E-state index contributed by atoms with van der Waals surface area (Å²) >= 11 is 12.2. The van der Waals surface area contributed by atoms with Crippen LogP contribution in [0.4, 0.5) is 0 Å². The molecule has 2 aromatic rings. The average molecular weight is 269 g/mol. The van der Waals surface area contributed by atoms with Crippen molar-refractivity contribution < 1.29 is 0 Å². The molecule has 0 unspecified atom stereocenters. The minimum Gasteiger partial charge on any atom is -0.249 e. The van der Waals surface area contributed by atoms with Crippen molar-refractivity contribution in [1.82, 2.24) is 9.78 Å². The fraction of sp³-hybridized carbons (Fsp3) is 0.308. The molecule has 0 spiro atoms. The number of nitrogens with zero attached hydrogens (tertiary/aromatic N) is 2. The molecule has 2 nitrogen and oxygen atoms in total. The lowest BCUT2D eigenvalue weighted by Crippen LogP contribution is -2.02. The third-order valence-corrected chi connectivity index (χ3v) is 3.48. The van der Waals surface area contributed by atoms with Crippen molar-refractivity contribution in [3.63, 3.8) is 0 Å². The summed E-state index contributed by atoms with van der Waals surface area (Å²) in [5, 5.41) is 5.94. The zero-order valence-electron chi connectivity index (χ0n) is 9.87. The Labute approximate surface area is 111 Å². The normalized spacial score (nSPS) is 10.8. The van der Waals surface area contributed by atoms with Gasteiger partial charge in [0.2, 0.25) is 0 Å². The van der Waals surface area contributed by atoms with Crippen molar-refractivity contribution in [3.05, 3.63) is 51.3 Å². The molecule has 0 fully saturated rings.